The third-order valence-corrected chi connectivity index (χ3v) is 5.62. The number of amides is 1. The summed E-state index contributed by atoms with van der Waals surface area (Å²) in [6.45, 7) is 5.43. The van der Waals surface area contributed by atoms with E-state index in [2.05, 4.69) is 13.8 Å². The summed E-state index contributed by atoms with van der Waals surface area (Å²) in [7, 11) is 1.60. The maximum atomic E-state index is 12.6. The van der Waals surface area contributed by atoms with Crippen LogP contribution in [0, 0.1) is 5.92 Å². The maximum Gasteiger partial charge on any atom is 0.225 e. The second-order valence-corrected chi connectivity index (χ2v) is 7.09. The molecule has 1 aromatic carbocycles. The van der Waals surface area contributed by atoms with Crippen molar-refractivity contribution in [3.63, 3.8) is 0 Å². The average molecular weight is 345 g/mol. The van der Waals surface area contributed by atoms with Gasteiger partial charge in [-0.3, -0.25) is 9.59 Å². The van der Waals surface area contributed by atoms with Crippen molar-refractivity contribution in [3.05, 3.63) is 23.8 Å². The van der Waals surface area contributed by atoms with Crippen molar-refractivity contribution in [1.29, 1.82) is 0 Å². The van der Waals surface area contributed by atoms with Gasteiger partial charge in [-0.2, -0.15) is 0 Å². The number of fused-ring (bicyclic) bond motifs is 1. The average Bonchev–Trinajstić information content (AvgIpc) is 2.62. The quantitative estimate of drug-likeness (QED) is 0.838. The summed E-state index contributed by atoms with van der Waals surface area (Å²) >= 11 is 0. The van der Waals surface area contributed by atoms with E-state index in [1.54, 1.807) is 25.3 Å². The van der Waals surface area contributed by atoms with Crippen LogP contribution in [0.4, 0.5) is 0 Å². The van der Waals surface area contributed by atoms with Gasteiger partial charge >= 0.3 is 0 Å². The number of piperidine rings is 1. The van der Waals surface area contributed by atoms with Crippen LogP contribution < -0.4 is 9.47 Å². The van der Waals surface area contributed by atoms with Crippen LogP contribution in [0.2, 0.25) is 0 Å². The van der Waals surface area contributed by atoms with E-state index in [-0.39, 0.29) is 17.6 Å². The van der Waals surface area contributed by atoms with Crippen molar-refractivity contribution in [3.8, 4) is 11.5 Å². The molecule has 0 atom stereocenters. The third-order valence-electron chi connectivity index (χ3n) is 5.62. The number of carbonyl (C=O) groups is 2. The SMILES string of the molecule is CCC(CC)C(=O)N1CCC2(CC1)CC(=O)c1ccc(OC)cc1O2. The maximum absolute atomic E-state index is 12.6. The number of ether oxygens (including phenoxy) is 2. The molecule has 0 radical (unpaired) electrons. The Kier molecular flexibility index (Phi) is 5.02. The highest BCUT2D eigenvalue weighted by molar-refractivity contribution is 6.00. The van der Waals surface area contributed by atoms with Gasteiger partial charge in [0, 0.05) is 37.9 Å². The van der Waals surface area contributed by atoms with Gasteiger partial charge in [-0.1, -0.05) is 13.8 Å². The van der Waals surface area contributed by atoms with Crippen molar-refractivity contribution >= 4 is 11.7 Å². The van der Waals surface area contributed by atoms with E-state index in [1.807, 2.05) is 4.90 Å². The second kappa shape index (κ2) is 7.06. The lowest BCUT2D eigenvalue weighted by Crippen LogP contribution is -2.53. The van der Waals surface area contributed by atoms with Gasteiger partial charge in [-0.25, -0.2) is 0 Å². The van der Waals surface area contributed by atoms with Gasteiger partial charge in [-0.05, 0) is 25.0 Å². The molecule has 0 unspecified atom stereocenters. The lowest BCUT2D eigenvalue weighted by Gasteiger charge is -2.44. The van der Waals surface area contributed by atoms with Crippen molar-refractivity contribution in [1.82, 2.24) is 4.90 Å². The molecule has 1 amide bonds. The molecular formula is C20H27NO4. The lowest BCUT2D eigenvalue weighted by atomic mass is 9.82. The largest absolute Gasteiger partial charge is 0.497 e. The van der Waals surface area contributed by atoms with Crippen LogP contribution in [-0.2, 0) is 4.79 Å². The summed E-state index contributed by atoms with van der Waals surface area (Å²) < 4.78 is 11.5. The van der Waals surface area contributed by atoms with E-state index in [0.717, 1.165) is 12.8 Å². The molecule has 0 bridgehead atoms. The normalized spacial score (nSPS) is 18.9. The fourth-order valence-corrected chi connectivity index (χ4v) is 3.91. The first-order valence-corrected chi connectivity index (χ1v) is 9.21. The minimum absolute atomic E-state index is 0.105. The topological polar surface area (TPSA) is 55.8 Å². The molecule has 3 rings (SSSR count). The van der Waals surface area contributed by atoms with Crippen molar-refractivity contribution in [2.24, 2.45) is 5.92 Å². The first-order chi connectivity index (χ1) is 12.0. The first kappa shape index (κ1) is 17.8. The number of benzene rings is 1. The van der Waals surface area contributed by atoms with Crippen LogP contribution in [0.3, 0.4) is 0 Å². The van der Waals surface area contributed by atoms with Crippen LogP contribution in [0.5, 0.6) is 11.5 Å². The highest BCUT2D eigenvalue weighted by atomic mass is 16.5. The summed E-state index contributed by atoms with van der Waals surface area (Å²) in [4.78, 5) is 27.1. The highest BCUT2D eigenvalue weighted by Crippen LogP contribution is 2.41. The molecule has 25 heavy (non-hydrogen) atoms. The number of ketones is 1. The summed E-state index contributed by atoms with van der Waals surface area (Å²) in [5.41, 5.74) is 0.142. The molecule has 5 heteroatoms. The van der Waals surface area contributed by atoms with E-state index < -0.39 is 5.60 Å². The van der Waals surface area contributed by atoms with Crippen LogP contribution in [0.25, 0.3) is 0 Å². The molecule has 2 heterocycles. The molecule has 1 saturated heterocycles. The molecule has 0 aromatic heterocycles. The Labute approximate surface area is 149 Å². The molecule has 1 fully saturated rings. The predicted octanol–water partition coefficient (Wildman–Crippen LogP) is 3.46. The van der Waals surface area contributed by atoms with Crippen molar-refractivity contribution in [2.45, 2.75) is 51.6 Å². The number of Topliss-reactive ketones (excluding diaryl/α,β-unsaturated/α-hetero) is 1. The molecule has 0 saturated carbocycles. The smallest absolute Gasteiger partial charge is 0.225 e. The zero-order valence-electron chi connectivity index (χ0n) is 15.3. The zero-order chi connectivity index (χ0) is 18.0. The van der Waals surface area contributed by atoms with Crippen LogP contribution in [-0.4, -0.2) is 42.4 Å². The Hall–Kier alpha value is -2.04. The van der Waals surface area contributed by atoms with Gasteiger partial charge in [0.05, 0.1) is 19.1 Å². The number of carbonyl (C=O) groups excluding carboxylic acids is 2. The highest BCUT2D eigenvalue weighted by Gasteiger charge is 2.44. The van der Waals surface area contributed by atoms with Gasteiger partial charge < -0.3 is 14.4 Å². The zero-order valence-corrected chi connectivity index (χ0v) is 15.3. The fourth-order valence-electron chi connectivity index (χ4n) is 3.91. The molecule has 1 spiro atoms. The number of nitrogens with zero attached hydrogens (tertiary/aromatic N) is 1. The number of rotatable bonds is 4. The van der Waals surface area contributed by atoms with Gasteiger partial charge in [-0.15, -0.1) is 0 Å². The summed E-state index contributed by atoms with van der Waals surface area (Å²) in [5, 5.41) is 0. The second-order valence-electron chi connectivity index (χ2n) is 7.09. The van der Waals surface area contributed by atoms with Crippen LogP contribution in [0.15, 0.2) is 18.2 Å². The Balaban J connectivity index is 1.73. The van der Waals surface area contributed by atoms with E-state index in [1.165, 1.54) is 0 Å². The Bertz CT molecular complexity index is 658. The Morgan fingerprint density at radius 2 is 1.96 bits per heavy atom. The molecule has 2 aliphatic rings. The third kappa shape index (κ3) is 3.37. The molecule has 1 aromatic rings. The standard InChI is InChI=1S/C20H27NO4/c1-4-14(5-2)19(23)21-10-8-20(9-11-21)13-17(22)16-7-6-15(24-3)12-18(16)25-20/h6-7,12,14H,4-5,8-11,13H2,1-3H3. The van der Waals surface area contributed by atoms with E-state index >= 15 is 0 Å². The molecule has 0 aliphatic carbocycles. The Morgan fingerprint density at radius 1 is 1.28 bits per heavy atom. The van der Waals surface area contributed by atoms with Crippen molar-refractivity contribution < 1.29 is 19.1 Å². The minimum atomic E-state index is -0.485. The molecular weight excluding hydrogens is 318 g/mol. The van der Waals surface area contributed by atoms with Gasteiger partial charge in [0.1, 0.15) is 17.1 Å². The van der Waals surface area contributed by atoms with Gasteiger partial charge in [0.2, 0.25) is 5.91 Å². The summed E-state index contributed by atoms with van der Waals surface area (Å²) in [5.74, 6) is 1.75. The monoisotopic (exact) mass is 345 g/mol. The number of hydrogen-bond acceptors (Lipinski definition) is 4. The predicted molar refractivity (Wildman–Crippen MR) is 95.2 cm³/mol. The van der Waals surface area contributed by atoms with E-state index in [9.17, 15) is 9.59 Å². The van der Waals surface area contributed by atoms with Gasteiger partial charge in [0.15, 0.2) is 5.78 Å². The molecule has 136 valence electrons. The molecule has 5 nitrogen and oxygen atoms in total. The first-order valence-electron chi connectivity index (χ1n) is 9.21. The van der Waals surface area contributed by atoms with E-state index in [0.29, 0.717) is 49.4 Å². The Morgan fingerprint density at radius 3 is 2.56 bits per heavy atom. The minimum Gasteiger partial charge on any atom is -0.497 e. The number of methoxy groups -OCH3 is 1. The summed E-state index contributed by atoms with van der Waals surface area (Å²) in [6.07, 6.45) is 3.53. The van der Waals surface area contributed by atoms with Gasteiger partial charge in [0.25, 0.3) is 0 Å². The lowest BCUT2D eigenvalue weighted by molar-refractivity contribution is -0.139. The van der Waals surface area contributed by atoms with Crippen LogP contribution >= 0.6 is 0 Å². The fraction of sp³-hybridized carbons (Fsp3) is 0.600. The van der Waals surface area contributed by atoms with Crippen molar-refractivity contribution in [2.75, 3.05) is 20.2 Å². The summed E-state index contributed by atoms with van der Waals surface area (Å²) in [6, 6.07) is 5.35. The van der Waals surface area contributed by atoms with E-state index in [4.69, 9.17) is 9.47 Å². The number of hydrogen-bond donors (Lipinski definition) is 0. The molecule has 0 N–H and O–H groups in total. The number of likely N-dealkylation sites (tertiary alicyclic amines) is 1. The van der Waals surface area contributed by atoms with Crippen LogP contribution in [0.1, 0.15) is 56.3 Å². The molecule has 2 aliphatic heterocycles.